The summed E-state index contributed by atoms with van der Waals surface area (Å²) < 4.78 is 0. The molecule has 0 aliphatic heterocycles. The van der Waals surface area contributed by atoms with Gasteiger partial charge >= 0.3 is 0 Å². The maximum absolute atomic E-state index is 12.0. The lowest BCUT2D eigenvalue weighted by atomic mass is 9.56. The number of aromatic nitrogens is 1. The Bertz CT molecular complexity index is 666. The number of rotatable bonds is 5. The van der Waals surface area contributed by atoms with Gasteiger partial charge in [-0.2, -0.15) is 0 Å². The molecule has 3 heteroatoms. The molecule has 1 amide bonds. The van der Waals surface area contributed by atoms with E-state index in [1.54, 1.807) is 18.5 Å². The number of allylic oxidation sites excluding steroid dienone is 3. The largest absolute Gasteiger partial charge is 0.348 e. The van der Waals surface area contributed by atoms with Crippen molar-refractivity contribution in [3.8, 4) is 0 Å². The van der Waals surface area contributed by atoms with E-state index in [9.17, 15) is 4.79 Å². The van der Waals surface area contributed by atoms with Crippen molar-refractivity contribution < 1.29 is 4.79 Å². The summed E-state index contributed by atoms with van der Waals surface area (Å²) in [5, 5.41) is 2.90. The van der Waals surface area contributed by atoms with Gasteiger partial charge in [-0.25, -0.2) is 0 Å². The van der Waals surface area contributed by atoms with Crippen molar-refractivity contribution in [3.63, 3.8) is 0 Å². The molecular formula is C24H34N2O. The van der Waals surface area contributed by atoms with Crippen molar-refractivity contribution in [2.24, 2.45) is 35.5 Å². The molecule has 0 bridgehead atoms. The van der Waals surface area contributed by atoms with Crippen LogP contribution in [0.2, 0.25) is 0 Å². The summed E-state index contributed by atoms with van der Waals surface area (Å²) in [5.74, 6) is 4.72. The number of pyridine rings is 1. The van der Waals surface area contributed by atoms with E-state index in [-0.39, 0.29) is 5.91 Å². The van der Waals surface area contributed by atoms with Crippen molar-refractivity contribution >= 4 is 5.91 Å². The summed E-state index contributed by atoms with van der Waals surface area (Å²) in [4.78, 5) is 16.1. The highest BCUT2D eigenvalue weighted by atomic mass is 16.1. The van der Waals surface area contributed by atoms with Gasteiger partial charge in [0, 0.05) is 25.0 Å². The summed E-state index contributed by atoms with van der Waals surface area (Å²) in [6.45, 7) is 7.79. The van der Waals surface area contributed by atoms with Crippen LogP contribution in [0.4, 0.5) is 0 Å². The fourth-order valence-electron chi connectivity index (χ4n) is 5.48. The Labute approximate surface area is 164 Å². The highest BCUT2D eigenvalue weighted by Crippen LogP contribution is 2.50. The number of nitrogens with one attached hydrogen (secondary N) is 1. The minimum atomic E-state index is -0.0575. The molecule has 1 aromatic heterocycles. The first kappa shape index (κ1) is 19.9. The van der Waals surface area contributed by atoms with E-state index in [1.165, 1.54) is 25.7 Å². The van der Waals surface area contributed by atoms with Gasteiger partial charge in [-0.15, -0.1) is 0 Å². The zero-order chi connectivity index (χ0) is 19.2. The smallest absolute Gasteiger partial charge is 0.244 e. The van der Waals surface area contributed by atoms with E-state index in [4.69, 9.17) is 0 Å². The number of hydrogen-bond acceptors (Lipinski definition) is 2. The summed E-state index contributed by atoms with van der Waals surface area (Å²) in [6.07, 6.45) is 17.0. The predicted octanol–water partition coefficient (Wildman–Crippen LogP) is 5.15. The average molecular weight is 367 g/mol. The molecule has 2 saturated carbocycles. The number of hydrogen-bond donors (Lipinski definition) is 1. The summed E-state index contributed by atoms with van der Waals surface area (Å²) in [5.41, 5.74) is 1.01. The van der Waals surface area contributed by atoms with Crippen molar-refractivity contribution in [1.29, 1.82) is 0 Å². The molecule has 1 N–H and O–H groups in total. The molecule has 0 saturated heterocycles. The summed E-state index contributed by atoms with van der Waals surface area (Å²) >= 11 is 0. The molecule has 3 nitrogen and oxygen atoms in total. The third-order valence-corrected chi connectivity index (χ3v) is 6.66. The van der Waals surface area contributed by atoms with Crippen molar-refractivity contribution in [1.82, 2.24) is 10.3 Å². The third-order valence-electron chi connectivity index (χ3n) is 6.66. The Morgan fingerprint density at radius 3 is 2.81 bits per heavy atom. The van der Waals surface area contributed by atoms with Gasteiger partial charge in [0.05, 0.1) is 0 Å². The van der Waals surface area contributed by atoms with Crippen LogP contribution in [0, 0.1) is 35.5 Å². The molecule has 146 valence electrons. The van der Waals surface area contributed by atoms with Gasteiger partial charge in [0.25, 0.3) is 0 Å². The first-order chi connectivity index (χ1) is 13.0. The molecule has 2 fully saturated rings. The van der Waals surface area contributed by atoms with Crippen LogP contribution in [0.25, 0.3) is 0 Å². The molecule has 2 aliphatic carbocycles. The molecule has 1 aromatic rings. The first-order valence-electron chi connectivity index (χ1n) is 10.6. The minimum absolute atomic E-state index is 0.0575. The molecular weight excluding hydrogens is 332 g/mol. The molecule has 2 aliphatic rings. The summed E-state index contributed by atoms with van der Waals surface area (Å²) in [7, 11) is 0. The zero-order valence-corrected chi connectivity index (χ0v) is 17.0. The SMILES string of the molecule is C[C@@H]1CC2CC[C@H](C)[C@H](/C=C/C=C/C(=O)NCc3cccnc3)[C@H]2[C@H](C)C1. The van der Waals surface area contributed by atoms with E-state index >= 15 is 0 Å². The van der Waals surface area contributed by atoms with Crippen LogP contribution in [0.15, 0.2) is 48.8 Å². The molecule has 0 spiro atoms. The maximum atomic E-state index is 12.0. The summed E-state index contributed by atoms with van der Waals surface area (Å²) in [6, 6.07) is 3.84. The lowest BCUT2D eigenvalue weighted by Gasteiger charge is -2.49. The molecule has 27 heavy (non-hydrogen) atoms. The predicted molar refractivity (Wildman–Crippen MR) is 111 cm³/mol. The van der Waals surface area contributed by atoms with E-state index < -0.39 is 0 Å². The molecule has 6 atom stereocenters. The van der Waals surface area contributed by atoms with Gasteiger partial charge in [-0.05, 0) is 72.8 Å². The van der Waals surface area contributed by atoms with Gasteiger partial charge in [-0.3, -0.25) is 9.78 Å². The van der Waals surface area contributed by atoms with Crippen molar-refractivity contribution in [2.45, 2.75) is 53.0 Å². The van der Waals surface area contributed by atoms with Crippen LogP contribution < -0.4 is 5.32 Å². The second kappa shape index (κ2) is 9.34. The Morgan fingerprint density at radius 2 is 2.04 bits per heavy atom. The Hall–Kier alpha value is -1.90. The molecule has 3 rings (SSSR count). The van der Waals surface area contributed by atoms with Crippen LogP contribution >= 0.6 is 0 Å². The van der Waals surface area contributed by atoms with Gasteiger partial charge < -0.3 is 5.32 Å². The van der Waals surface area contributed by atoms with Gasteiger partial charge in [-0.1, -0.05) is 45.1 Å². The fraction of sp³-hybridized carbons (Fsp3) is 0.583. The topological polar surface area (TPSA) is 42.0 Å². The Morgan fingerprint density at radius 1 is 1.19 bits per heavy atom. The van der Waals surface area contributed by atoms with Crippen LogP contribution in [0.5, 0.6) is 0 Å². The van der Waals surface area contributed by atoms with Crippen LogP contribution in [-0.4, -0.2) is 10.9 Å². The number of carbonyl (C=O) groups excluding carboxylic acids is 1. The number of amides is 1. The third kappa shape index (κ3) is 5.31. The van der Waals surface area contributed by atoms with Crippen LogP contribution in [0.1, 0.15) is 52.0 Å². The molecule has 0 radical (unpaired) electrons. The van der Waals surface area contributed by atoms with Crippen LogP contribution in [0.3, 0.4) is 0 Å². The zero-order valence-electron chi connectivity index (χ0n) is 17.0. The molecule has 0 aromatic carbocycles. The first-order valence-corrected chi connectivity index (χ1v) is 10.6. The second-order valence-electron chi connectivity index (χ2n) is 8.85. The van der Waals surface area contributed by atoms with Gasteiger partial charge in [0.1, 0.15) is 0 Å². The molecule has 1 heterocycles. The maximum Gasteiger partial charge on any atom is 0.244 e. The molecule has 1 unspecified atom stereocenters. The van der Waals surface area contributed by atoms with E-state index in [0.29, 0.717) is 12.5 Å². The minimum Gasteiger partial charge on any atom is -0.348 e. The Balaban J connectivity index is 1.54. The van der Waals surface area contributed by atoms with Gasteiger partial charge in [0.15, 0.2) is 0 Å². The standard InChI is InChI=1S/C24H34N2O/c1-17-13-19(3)24-21(14-17)11-10-18(2)22(24)8-4-5-9-23(27)26-16-20-7-6-12-25-15-20/h4-9,12,15,17-19,21-22,24H,10-11,13-14,16H2,1-3H3,(H,26,27)/b8-4+,9-5+/t17-,18-,19+,21?,22-,24-/m0/s1. The van der Waals surface area contributed by atoms with E-state index in [1.807, 2.05) is 18.2 Å². The van der Waals surface area contributed by atoms with Gasteiger partial charge in [0.2, 0.25) is 5.91 Å². The van der Waals surface area contributed by atoms with Crippen molar-refractivity contribution in [3.05, 3.63) is 54.4 Å². The number of fused-ring (bicyclic) bond motifs is 1. The number of carbonyl (C=O) groups is 1. The van der Waals surface area contributed by atoms with Crippen LogP contribution in [-0.2, 0) is 11.3 Å². The lowest BCUT2D eigenvalue weighted by molar-refractivity contribution is -0.116. The Kier molecular flexibility index (Phi) is 6.87. The highest BCUT2D eigenvalue weighted by molar-refractivity contribution is 5.87. The van der Waals surface area contributed by atoms with E-state index in [2.05, 4.69) is 43.2 Å². The highest BCUT2D eigenvalue weighted by Gasteiger charge is 2.42. The van der Waals surface area contributed by atoms with E-state index in [0.717, 1.165) is 35.2 Å². The fourth-order valence-corrected chi connectivity index (χ4v) is 5.48. The lowest BCUT2D eigenvalue weighted by Crippen LogP contribution is -2.41. The average Bonchev–Trinajstić information content (AvgIpc) is 2.65. The quantitative estimate of drug-likeness (QED) is 0.578. The second-order valence-corrected chi connectivity index (χ2v) is 8.85. The normalized spacial score (nSPS) is 33.9. The van der Waals surface area contributed by atoms with Crippen molar-refractivity contribution in [2.75, 3.05) is 0 Å². The monoisotopic (exact) mass is 366 g/mol. The number of nitrogens with zero attached hydrogens (tertiary/aromatic N) is 1.